The Bertz CT molecular complexity index is 1220. The normalized spacial score (nSPS) is 18.9. The van der Waals surface area contributed by atoms with Gasteiger partial charge in [-0.1, -0.05) is 11.6 Å². The molecule has 172 valence electrons. The third kappa shape index (κ3) is 4.76. The minimum Gasteiger partial charge on any atom is -0.478 e. The second kappa shape index (κ2) is 9.32. The van der Waals surface area contributed by atoms with Crippen molar-refractivity contribution in [1.29, 1.82) is 10.8 Å². The Balaban J connectivity index is 1.40. The summed E-state index contributed by atoms with van der Waals surface area (Å²) >= 11 is 5.98. The van der Waals surface area contributed by atoms with Crippen molar-refractivity contribution in [2.45, 2.75) is 31.8 Å². The van der Waals surface area contributed by atoms with Crippen molar-refractivity contribution in [2.75, 3.05) is 25.1 Å². The minimum atomic E-state index is -0.156. The second-order valence-electron chi connectivity index (χ2n) is 8.20. The molecule has 3 aromatic rings. The number of nitrogens with zero attached hydrogens (tertiary/aromatic N) is 5. The number of nitrogens with one attached hydrogen (secondary N) is 3. The summed E-state index contributed by atoms with van der Waals surface area (Å²) < 4.78 is 14.6. The van der Waals surface area contributed by atoms with Crippen molar-refractivity contribution >= 4 is 23.4 Å². The average molecular weight is 469 g/mol. The Hall–Kier alpha value is -3.24. The van der Waals surface area contributed by atoms with Crippen LogP contribution in [0.1, 0.15) is 19.3 Å². The monoisotopic (exact) mass is 468 g/mol. The maximum atomic E-state index is 8.76. The molecular formula is C22H25ClN8O2. The van der Waals surface area contributed by atoms with E-state index in [4.69, 9.17) is 31.9 Å². The van der Waals surface area contributed by atoms with Crippen LogP contribution in [-0.2, 0) is 11.3 Å². The highest BCUT2D eigenvalue weighted by Gasteiger charge is 2.25. The SMILES string of the molecule is N=C1C(Cn2cc(Cl)cn2)CCOc2cc(-c3ccnc(NC4CCOCC4)n3)cc(=N)n21. The lowest BCUT2D eigenvalue weighted by Gasteiger charge is -2.23. The predicted octanol–water partition coefficient (Wildman–Crippen LogP) is 2.79. The van der Waals surface area contributed by atoms with E-state index < -0.39 is 0 Å². The van der Waals surface area contributed by atoms with E-state index in [1.54, 1.807) is 29.3 Å². The lowest BCUT2D eigenvalue weighted by Crippen LogP contribution is -2.32. The van der Waals surface area contributed by atoms with Gasteiger partial charge in [0.1, 0.15) is 11.3 Å². The molecule has 10 nitrogen and oxygen atoms in total. The molecule has 11 heteroatoms. The number of hydrogen-bond acceptors (Lipinski definition) is 8. The van der Waals surface area contributed by atoms with Gasteiger partial charge < -0.3 is 14.8 Å². The van der Waals surface area contributed by atoms with E-state index in [0.29, 0.717) is 48.0 Å². The number of pyridine rings is 1. The zero-order valence-electron chi connectivity index (χ0n) is 18.0. The van der Waals surface area contributed by atoms with Gasteiger partial charge in [0, 0.05) is 49.2 Å². The molecule has 2 aliphatic rings. The van der Waals surface area contributed by atoms with Crippen LogP contribution in [0.2, 0.25) is 5.02 Å². The largest absolute Gasteiger partial charge is 0.478 e. The number of ether oxygens (including phenoxy) is 2. The lowest BCUT2D eigenvalue weighted by molar-refractivity contribution is 0.0903. The summed E-state index contributed by atoms with van der Waals surface area (Å²) in [6, 6.07) is 5.64. The standard InChI is InChI=1S/C22H25ClN8O2/c23-16-11-27-30(13-16)12-14-2-8-33-20-10-15(9-19(24)31(20)21(14)25)18-1-5-26-22(29-18)28-17-3-6-32-7-4-17/h1,5,9-11,13-14,17,24-25H,2-4,6-8,12H2,(H,26,28,29). The number of aromatic nitrogens is 5. The molecule has 3 N–H and O–H groups in total. The van der Waals surface area contributed by atoms with E-state index in [-0.39, 0.29) is 17.4 Å². The fourth-order valence-corrected chi connectivity index (χ4v) is 4.31. The fraction of sp³-hybridized carbons (Fsp3) is 0.409. The number of halogens is 1. The molecule has 0 aromatic carbocycles. The first-order valence-corrected chi connectivity index (χ1v) is 11.3. The van der Waals surface area contributed by atoms with Crippen LogP contribution in [0.4, 0.5) is 5.95 Å². The summed E-state index contributed by atoms with van der Waals surface area (Å²) in [5.74, 6) is 1.16. The number of anilines is 1. The van der Waals surface area contributed by atoms with Crippen LogP contribution >= 0.6 is 11.6 Å². The Labute approximate surface area is 195 Å². The first-order chi connectivity index (χ1) is 16.1. The van der Waals surface area contributed by atoms with Gasteiger partial charge >= 0.3 is 0 Å². The predicted molar refractivity (Wildman–Crippen MR) is 123 cm³/mol. The van der Waals surface area contributed by atoms with Crippen LogP contribution < -0.4 is 15.5 Å². The van der Waals surface area contributed by atoms with Crippen LogP contribution in [0.25, 0.3) is 11.3 Å². The fourth-order valence-electron chi connectivity index (χ4n) is 4.15. The van der Waals surface area contributed by atoms with E-state index in [0.717, 1.165) is 31.6 Å². The Kier molecular flexibility index (Phi) is 6.10. The van der Waals surface area contributed by atoms with Crippen molar-refractivity contribution < 1.29 is 9.47 Å². The number of fused-ring (bicyclic) bond motifs is 1. The molecule has 0 radical (unpaired) electrons. The summed E-state index contributed by atoms with van der Waals surface area (Å²) in [6.07, 6.45) is 7.50. The van der Waals surface area contributed by atoms with Gasteiger partial charge in [0.15, 0.2) is 0 Å². The van der Waals surface area contributed by atoms with Gasteiger partial charge in [-0.05, 0) is 31.4 Å². The van der Waals surface area contributed by atoms with Gasteiger partial charge in [-0.15, -0.1) is 0 Å². The van der Waals surface area contributed by atoms with Crippen molar-refractivity contribution in [3.05, 3.63) is 47.3 Å². The zero-order chi connectivity index (χ0) is 22.8. The molecule has 3 aromatic heterocycles. The highest BCUT2D eigenvalue weighted by molar-refractivity contribution is 6.30. The van der Waals surface area contributed by atoms with E-state index in [9.17, 15) is 0 Å². The Morgan fingerprint density at radius 1 is 1.15 bits per heavy atom. The maximum absolute atomic E-state index is 8.76. The van der Waals surface area contributed by atoms with E-state index in [2.05, 4.69) is 20.4 Å². The molecule has 1 fully saturated rings. The molecule has 0 amide bonds. The smallest absolute Gasteiger partial charge is 0.223 e. The molecule has 1 saturated heterocycles. The summed E-state index contributed by atoms with van der Waals surface area (Å²) in [5.41, 5.74) is 1.60. The van der Waals surface area contributed by atoms with Crippen LogP contribution in [0.5, 0.6) is 5.88 Å². The van der Waals surface area contributed by atoms with Gasteiger partial charge in [0.2, 0.25) is 11.8 Å². The Morgan fingerprint density at radius 2 is 2.00 bits per heavy atom. The third-order valence-corrected chi connectivity index (χ3v) is 6.09. The molecule has 5 rings (SSSR count). The first kappa shape index (κ1) is 21.6. The molecule has 33 heavy (non-hydrogen) atoms. The molecule has 1 atom stereocenters. The molecule has 1 unspecified atom stereocenters. The Morgan fingerprint density at radius 3 is 2.79 bits per heavy atom. The molecular weight excluding hydrogens is 444 g/mol. The van der Waals surface area contributed by atoms with Crippen LogP contribution in [0, 0.1) is 16.7 Å². The first-order valence-electron chi connectivity index (χ1n) is 11.0. The molecule has 0 aliphatic carbocycles. The summed E-state index contributed by atoms with van der Waals surface area (Å²) in [4.78, 5) is 9.00. The van der Waals surface area contributed by atoms with Crippen LogP contribution in [0.15, 0.2) is 36.8 Å². The third-order valence-electron chi connectivity index (χ3n) is 5.89. The topological polar surface area (TPSA) is 127 Å². The number of rotatable bonds is 5. The zero-order valence-corrected chi connectivity index (χ0v) is 18.8. The highest BCUT2D eigenvalue weighted by Crippen LogP contribution is 2.26. The quantitative estimate of drug-likeness (QED) is 0.528. The summed E-state index contributed by atoms with van der Waals surface area (Å²) in [7, 11) is 0. The molecule has 0 saturated carbocycles. The molecule has 0 spiro atoms. The van der Waals surface area contributed by atoms with Crippen LogP contribution in [-0.4, -0.2) is 56.0 Å². The van der Waals surface area contributed by atoms with Gasteiger partial charge in [-0.3, -0.25) is 20.1 Å². The minimum absolute atomic E-state index is 0.156. The van der Waals surface area contributed by atoms with E-state index in [1.807, 2.05) is 12.1 Å². The summed E-state index contributed by atoms with van der Waals surface area (Å²) in [5, 5.41) is 25.5. The molecule has 0 bridgehead atoms. The molecule has 2 aliphatic heterocycles. The van der Waals surface area contributed by atoms with Crippen molar-refractivity contribution in [2.24, 2.45) is 5.92 Å². The highest BCUT2D eigenvalue weighted by atomic mass is 35.5. The number of hydrogen-bond donors (Lipinski definition) is 3. The lowest BCUT2D eigenvalue weighted by atomic mass is 10.0. The van der Waals surface area contributed by atoms with E-state index >= 15 is 0 Å². The second-order valence-corrected chi connectivity index (χ2v) is 8.64. The van der Waals surface area contributed by atoms with Crippen molar-refractivity contribution in [3.8, 4) is 17.1 Å². The average Bonchev–Trinajstić information content (AvgIpc) is 3.15. The van der Waals surface area contributed by atoms with Gasteiger partial charge in [-0.25, -0.2) is 9.97 Å². The summed E-state index contributed by atoms with van der Waals surface area (Å²) in [6.45, 7) is 2.40. The van der Waals surface area contributed by atoms with E-state index in [1.165, 1.54) is 4.57 Å². The maximum Gasteiger partial charge on any atom is 0.223 e. The van der Waals surface area contributed by atoms with Crippen molar-refractivity contribution in [1.82, 2.24) is 24.3 Å². The van der Waals surface area contributed by atoms with Crippen LogP contribution in [0.3, 0.4) is 0 Å². The molecule has 5 heterocycles. The van der Waals surface area contributed by atoms with Gasteiger partial charge in [0.05, 0.1) is 30.1 Å². The van der Waals surface area contributed by atoms with Gasteiger partial charge in [-0.2, -0.15) is 5.10 Å². The van der Waals surface area contributed by atoms with Gasteiger partial charge in [0.25, 0.3) is 0 Å². The van der Waals surface area contributed by atoms with Crippen molar-refractivity contribution in [3.63, 3.8) is 0 Å².